The number of thiophene rings is 1. The molecule has 4 nitrogen and oxygen atoms in total. The molecule has 1 aliphatic carbocycles. The van der Waals surface area contributed by atoms with E-state index in [9.17, 15) is 4.79 Å². The molecule has 4 aromatic rings. The lowest BCUT2D eigenvalue weighted by molar-refractivity contribution is 0.306. The Balaban J connectivity index is 1.38. The lowest BCUT2D eigenvalue weighted by atomic mass is 9.89. The molecular formula is C25H24N2O2S. The summed E-state index contributed by atoms with van der Waals surface area (Å²) in [4.78, 5) is 22.8. The van der Waals surface area contributed by atoms with E-state index in [2.05, 4.69) is 43.1 Å². The van der Waals surface area contributed by atoms with Crippen LogP contribution in [0.1, 0.15) is 34.9 Å². The Labute approximate surface area is 179 Å². The van der Waals surface area contributed by atoms with E-state index in [4.69, 9.17) is 9.72 Å². The van der Waals surface area contributed by atoms with Gasteiger partial charge >= 0.3 is 0 Å². The van der Waals surface area contributed by atoms with Crippen LogP contribution in [-0.4, -0.2) is 9.97 Å². The van der Waals surface area contributed by atoms with Crippen LogP contribution in [-0.2, 0) is 19.4 Å². The molecule has 5 rings (SSSR count). The van der Waals surface area contributed by atoms with Crippen LogP contribution in [0, 0.1) is 12.8 Å². The molecule has 2 aromatic heterocycles. The van der Waals surface area contributed by atoms with Gasteiger partial charge in [0, 0.05) is 10.4 Å². The Hall–Kier alpha value is -2.92. The molecule has 5 heteroatoms. The number of aryl methyl sites for hydroxylation is 2. The fourth-order valence-electron chi connectivity index (χ4n) is 4.05. The van der Waals surface area contributed by atoms with Gasteiger partial charge in [-0.3, -0.25) is 4.79 Å². The second-order valence-electron chi connectivity index (χ2n) is 8.25. The van der Waals surface area contributed by atoms with Crippen molar-refractivity contribution in [1.82, 2.24) is 9.97 Å². The molecule has 0 radical (unpaired) electrons. The third-order valence-electron chi connectivity index (χ3n) is 5.82. The van der Waals surface area contributed by atoms with Crippen LogP contribution in [0.2, 0.25) is 0 Å². The molecule has 0 fully saturated rings. The van der Waals surface area contributed by atoms with Crippen molar-refractivity contribution < 1.29 is 4.74 Å². The number of benzene rings is 2. The number of fused-ring (bicyclic) bond motifs is 3. The summed E-state index contributed by atoms with van der Waals surface area (Å²) in [5.74, 6) is 2.09. The van der Waals surface area contributed by atoms with E-state index in [1.807, 2.05) is 24.3 Å². The van der Waals surface area contributed by atoms with Crippen LogP contribution in [0.25, 0.3) is 21.6 Å². The molecule has 0 saturated heterocycles. The fourth-order valence-corrected chi connectivity index (χ4v) is 5.43. The smallest absolute Gasteiger partial charge is 0.260 e. The first-order valence-electron chi connectivity index (χ1n) is 10.4. The molecule has 0 unspecified atom stereocenters. The molecule has 0 aliphatic heterocycles. The van der Waals surface area contributed by atoms with Gasteiger partial charge in [0.15, 0.2) is 0 Å². The Bertz CT molecular complexity index is 1250. The summed E-state index contributed by atoms with van der Waals surface area (Å²) in [5.41, 5.74) is 4.45. The number of hydrogen-bond donors (Lipinski definition) is 1. The van der Waals surface area contributed by atoms with Crippen LogP contribution < -0.4 is 10.3 Å². The van der Waals surface area contributed by atoms with Crippen molar-refractivity contribution >= 4 is 21.6 Å². The summed E-state index contributed by atoms with van der Waals surface area (Å²) in [7, 11) is 0. The lowest BCUT2D eigenvalue weighted by Gasteiger charge is -2.17. The normalized spacial score (nSPS) is 15.9. The highest BCUT2D eigenvalue weighted by Crippen LogP contribution is 2.36. The maximum Gasteiger partial charge on any atom is 0.260 e. The Morgan fingerprint density at radius 1 is 1.13 bits per heavy atom. The van der Waals surface area contributed by atoms with Gasteiger partial charge in [0.05, 0.1) is 5.39 Å². The summed E-state index contributed by atoms with van der Waals surface area (Å²) in [6.45, 7) is 4.88. The van der Waals surface area contributed by atoms with Gasteiger partial charge in [-0.05, 0) is 67.5 Å². The number of ether oxygens (including phenoxy) is 1. The number of aromatic nitrogens is 2. The quantitative estimate of drug-likeness (QED) is 0.467. The summed E-state index contributed by atoms with van der Waals surface area (Å²) in [6, 6.07) is 16.1. The van der Waals surface area contributed by atoms with Crippen LogP contribution >= 0.6 is 11.3 Å². The first-order valence-corrected chi connectivity index (χ1v) is 11.2. The number of nitrogens with one attached hydrogen (secondary N) is 1. The van der Waals surface area contributed by atoms with Crippen molar-refractivity contribution in [2.24, 2.45) is 5.92 Å². The van der Waals surface area contributed by atoms with Gasteiger partial charge in [-0.25, -0.2) is 4.98 Å². The molecule has 0 bridgehead atoms. The molecule has 1 atom stereocenters. The molecule has 30 heavy (non-hydrogen) atoms. The maximum absolute atomic E-state index is 12.8. The lowest BCUT2D eigenvalue weighted by Crippen LogP contribution is -2.13. The van der Waals surface area contributed by atoms with Crippen LogP contribution in [0.15, 0.2) is 53.3 Å². The SMILES string of the molecule is Cc1ccc(COc2ccc(-c3nc4sc5c(c4c(=O)[nH]3)CC[C@@H](C)C5)cc2)cc1. The predicted octanol–water partition coefficient (Wildman–Crippen LogP) is 5.66. The zero-order valence-electron chi connectivity index (χ0n) is 17.2. The third-order valence-corrected chi connectivity index (χ3v) is 6.97. The van der Waals surface area contributed by atoms with E-state index in [1.54, 1.807) is 11.3 Å². The van der Waals surface area contributed by atoms with Gasteiger partial charge in [0.2, 0.25) is 0 Å². The minimum Gasteiger partial charge on any atom is -0.489 e. The van der Waals surface area contributed by atoms with Crippen molar-refractivity contribution in [3.8, 4) is 17.1 Å². The van der Waals surface area contributed by atoms with E-state index >= 15 is 0 Å². The number of H-pyrrole nitrogens is 1. The maximum atomic E-state index is 12.8. The topological polar surface area (TPSA) is 55.0 Å². The first-order chi connectivity index (χ1) is 14.6. The zero-order valence-corrected chi connectivity index (χ0v) is 18.0. The van der Waals surface area contributed by atoms with Gasteiger partial charge in [-0.1, -0.05) is 36.8 Å². The van der Waals surface area contributed by atoms with Gasteiger partial charge in [0.25, 0.3) is 5.56 Å². The van der Waals surface area contributed by atoms with E-state index < -0.39 is 0 Å². The standard InChI is InChI=1S/C25H24N2O2S/c1-15-3-6-17(7-4-15)14-29-19-10-8-18(9-11-19)23-26-24(28)22-20-12-5-16(2)13-21(20)30-25(22)27-23/h3-4,6-11,16H,5,12-14H2,1-2H3,(H,26,27,28)/t16-/m1/s1. The highest BCUT2D eigenvalue weighted by Gasteiger charge is 2.23. The molecule has 1 aliphatic rings. The number of rotatable bonds is 4. The molecule has 2 heterocycles. The van der Waals surface area contributed by atoms with Crippen LogP contribution in [0.5, 0.6) is 5.75 Å². The van der Waals surface area contributed by atoms with E-state index in [0.717, 1.165) is 46.4 Å². The summed E-state index contributed by atoms with van der Waals surface area (Å²) >= 11 is 1.68. The minimum atomic E-state index is -0.0262. The predicted molar refractivity (Wildman–Crippen MR) is 122 cm³/mol. The Kier molecular flexibility index (Phi) is 4.91. The third kappa shape index (κ3) is 3.65. The van der Waals surface area contributed by atoms with Crippen molar-refractivity contribution in [2.45, 2.75) is 39.7 Å². The van der Waals surface area contributed by atoms with Gasteiger partial charge < -0.3 is 9.72 Å². The van der Waals surface area contributed by atoms with Gasteiger partial charge in [-0.2, -0.15) is 0 Å². The molecule has 152 valence electrons. The highest BCUT2D eigenvalue weighted by atomic mass is 32.1. The van der Waals surface area contributed by atoms with E-state index in [0.29, 0.717) is 18.3 Å². The minimum absolute atomic E-state index is 0.0262. The summed E-state index contributed by atoms with van der Waals surface area (Å²) in [6.07, 6.45) is 3.18. The number of nitrogens with zero attached hydrogens (tertiary/aromatic N) is 1. The Morgan fingerprint density at radius 3 is 2.67 bits per heavy atom. The molecular weight excluding hydrogens is 392 g/mol. The molecule has 0 saturated carbocycles. The summed E-state index contributed by atoms with van der Waals surface area (Å²) in [5, 5.41) is 0.795. The monoisotopic (exact) mass is 416 g/mol. The molecule has 2 aromatic carbocycles. The van der Waals surface area contributed by atoms with E-state index in [-0.39, 0.29) is 5.56 Å². The van der Waals surface area contributed by atoms with Crippen molar-refractivity contribution in [1.29, 1.82) is 0 Å². The molecule has 1 N–H and O–H groups in total. The zero-order chi connectivity index (χ0) is 20.7. The van der Waals surface area contributed by atoms with E-state index in [1.165, 1.54) is 16.0 Å². The fraction of sp³-hybridized carbons (Fsp3) is 0.280. The average molecular weight is 417 g/mol. The van der Waals surface area contributed by atoms with Crippen LogP contribution in [0.4, 0.5) is 0 Å². The second-order valence-corrected chi connectivity index (χ2v) is 9.33. The molecule has 0 spiro atoms. The average Bonchev–Trinajstić information content (AvgIpc) is 3.11. The van der Waals surface area contributed by atoms with Crippen molar-refractivity contribution in [3.63, 3.8) is 0 Å². The van der Waals surface area contributed by atoms with Crippen molar-refractivity contribution in [2.75, 3.05) is 0 Å². The Morgan fingerprint density at radius 2 is 1.90 bits per heavy atom. The van der Waals surface area contributed by atoms with Gasteiger partial charge in [0.1, 0.15) is 23.0 Å². The second kappa shape index (κ2) is 7.73. The van der Waals surface area contributed by atoms with Crippen molar-refractivity contribution in [3.05, 3.63) is 80.5 Å². The van der Waals surface area contributed by atoms with Gasteiger partial charge in [-0.15, -0.1) is 11.3 Å². The first kappa shape index (κ1) is 19.1. The number of hydrogen-bond acceptors (Lipinski definition) is 4. The number of aromatic amines is 1. The highest BCUT2D eigenvalue weighted by molar-refractivity contribution is 7.18. The van der Waals surface area contributed by atoms with Crippen LogP contribution in [0.3, 0.4) is 0 Å². The molecule has 0 amide bonds. The largest absolute Gasteiger partial charge is 0.489 e. The summed E-state index contributed by atoms with van der Waals surface area (Å²) < 4.78 is 5.89.